The maximum absolute atomic E-state index is 8.77. The van der Waals surface area contributed by atoms with Crippen LogP contribution in [0.25, 0.3) is 0 Å². The number of hydrogen-bond donors (Lipinski definition) is 3. The van der Waals surface area contributed by atoms with Crippen molar-refractivity contribution < 1.29 is 0 Å². The van der Waals surface area contributed by atoms with Gasteiger partial charge < -0.3 is 5.73 Å². The van der Waals surface area contributed by atoms with E-state index in [1.54, 1.807) is 30.3 Å². The first kappa shape index (κ1) is 13.2. The second-order valence-corrected chi connectivity index (χ2v) is 3.57. The lowest BCUT2D eigenvalue weighted by atomic mass is 10.0. The summed E-state index contributed by atoms with van der Waals surface area (Å²) >= 11 is 0. The summed E-state index contributed by atoms with van der Waals surface area (Å²) in [5, 5.41) is 28.2. The summed E-state index contributed by atoms with van der Waals surface area (Å²) in [5.74, 6) is -0.561. The Morgan fingerprint density at radius 1 is 1.39 bits per heavy atom. The fourth-order valence-corrected chi connectivity index (χ4v) is 1.19. The van der Waals surface area contributed by atoms with Gasteiger partial charge in [-0.05, 0) is 24.6 Å². The Morgan fingerprint density at radius 2 is 2.00 bits per heavy atom. The first-order valence-corrected chi connectivity index (χ1v) is 5.16. The molecule has 1 rings (SSSR count). The highest BCUT2D eigenvalue weighted by Gasteiger charge is 2.03. The van der Waals surface area contributed by atoms with E-state index in [4.69, 9.17) is 21.7 Å². The molecule has 6 heteroatoms. The van der Waals surface area contributed by atoms with Gasteiger partial charge in [-0.15, -0.1) is 0 Å². The van der Waals surface area contributed by atoms with Crippen molar-refractivity contribution in [3.8, 4) is 12.1 Å². The van der Waals surface area contributed by atoms with Crippen LogP contribution in [0, 0.1) is 28.1 Å². The van der Waals surface area contributed by atoms with Crippen LogP contribution in [0.4, 0.5) is 5.69 Å². The van der Waals surface area contributed by atoms with Gasteiger partial charge in [0, 0.05) is 0 Å². The van der Waals surface area contributed by atoms with E-state index in [0.29, 0.717) is 5.69 Å². The SMILES string of the molecule is CC(C#N)c1ccc(N/N=C(\C#N)C(=N)N)cc1. The number of nitrogens with one attached hydrogen (secondary N) is 2. The summed E-state index contributed by atoms with van der Waals surface area (Å²) in [4.78, 5) is 0. The molecule has 4 N–H and O–H groups in total. The smallest absolute Gasteiger partial charge is 0.201 e. The third-order valence-electron chi connectivity index (χ3n) is 2.26. The molecule has 0 aliphatic rings. The predicted octanol–water partition coefficient (Wildman–Crippen LogP) is 1.54. The van der Waals surface area contributed by atoms with E-state index in [0.717, 1.165) is 5.56 Å². The van der Waals surface area contributed by atoms with Gasteiger partial charge in [0.2, 0.25) is 5.71 Å². The molecule has 90 valence electrons. The van der Waals surface area contributed by atoms with Gasteiger partial charge in [0.15, 0.2) is 5.84 Å². The second kappa shape index (κ2) is 6.02. The molecule has 1 aromatic rings. The van der Waals surface area contributed by atoms with Gasteiger partial charge in [-0.25, -0.2) is 0 Å². The minimum Gasteiger partial charge on any atom is -0.382 e. The van der Waals surface area contributed by atoms with Gasteiger partial charge >= 0.3 is 0 Å². The van der Waals surface area contributed by atoms with Crippen LogP contribution in [0.1, 0.15) is 18.4 Å². The molecule has 1 aromatic carbocycles. The molecular formula is C12H12N6. The Kier molecular flexibility index (Phi) is 4.42. The number of anilines is 1. The molecule has 0 amide bonds. The van der Waals surface area contributed by atoms with Crippen LogP contribution in [-0.4, -0.2) is 11.5 Å². The standard InChI is InChI=1S/C12H12N6/c1-8(6-13)9-2-4-10(5-3-9)17-18-11(7-14)12(15)16/h2-5,8,17H,1H3,(H3,15,16)/b18-11+. The van der Waals surface area contributed by atoms with Gasteiger partial charge in [-0.1, -0.05) is 12.1 Å². The van der Waals surface area contributed by atoms with Crippen molar-refractivity contribution in [1.29, 1.82) is 15.9 Å². The van der Waals surface area contributed by atoms with E-state index >= 15 is 0 Å². The summed E-state index contributed by atoms with van der Waals surface area (Å²) in [6.45, 7) is 1.81. The van der Waals surface area contributed by atoms with Gasteiger partial charge in [0.05, 0.1) is 17.7 Å². The molecule has 0 saturated carbocycles. The Morgan fingerprint density at radius 3 is 2.44 bits per heavy atom. The van der Waals surface area contributed by atoms with Gasteiger partial charge in [-0.3, -0.25) is 10.8 Å². The fraction of sp³-hybridized carbons (Fsp3) is 0.167. The van der Waals surface area contributed by atoms with Gasteiger partial charge in [-0.2, -0.15) is 15.6 Å². The summed E-state index contributed by atoms with van der Waals surface area (Å²) in [6, 6.07) is 10.9. The number of nitrogens with zero attached hydrogens (tertiary/aromatic N) is 3. The number of benzene rings is 1. The minimum absolute atomic E-state index is 0.172. The number of hydrazone groups is 1. The first-order valence-electron chi connectivity index (χ1n) is 5.16. The maximum Gasteiger partial charge on any atom is 0.201 e. The van der Waals surface area contributed by atoms with Crippen molar-refractivity contribution in [1.82, 2.24) is 0 Å². The van der Waals surface area contributed by atoms with E-state index < -0.39 is 0 Å². The van der Waals surface area contributed by atoms with E-state index in [1.807, 2.05) is 6.92 Å². The molecule has 0 bridgehead atoms. The molecule has 0 heterocycles. The van der Waals surface area contributed by atoms with Crippen LogP contribution in [0.2, 0.25) is 0 Å². The summed E-state index contributed by atoms with van der Waals surface area (Å²) in [5.41, 5.74) is 9.15. The van der Waals surface area contributed by atoms with Gasteiger partial charge in [0.1, 0.15) is 6.07 Å². The molecule has 1 atom stereocenters. The van der Waals surface area contributed by atoms with E-state index in [1.165, 1.54) is 0 Å². The van der Waals surface area contributed by atoms with Crippen molar-refractivity contribution in [3.05, 3.63) is 29.8 Å². The summed E-state index contributed by atoms with van der Waals surface area (Å²) < 4.78 is 0. The predicted molar refractivity (Wildman–Crippen MR) is 69.1 cm³/mol. The number of nitriles is 2. The highest BCUT2D eigenvalue weighted by Crippen LogP contribution is 2.17. The molecule has 0 aromatic heterocycles. The molecule has 0 saturated heterocycles. The molecule has 0 aliphatic carbocycles. The number of rotatable bonds is 4. The minimum atomic E-state index is -0.389. The molecule has 0 fully saturated rings. The normalized spacial score (nSPS) is 12.1. The number of hydrogen-bond acceptors (Lipinski definition) is 5. The van der Waals surface area contributed by atoms with Crippen LogP contribution in [0.5, 0.6) is 0 Å². The average Bonchev–Trinajstić information content (AvgIpc) is 2.39. The van der Waals surface area contributed by atoms with E-state index in [2.05, 4.69) is 16.6 Å². The summed E-state index contributed by atoms with van der Waals surface area (Å²) in [6.07, 6.45) is 0. The Balaban J connectivity index is 2.80. The lowest BCUT2D eigenvalue weighted by Crippen LogP contribution is -2.21. The first-order chi connectivity index (χ1) is 8.58. The monoisotopic (exact) mass is 240 g/mol. The zero-order valence-corrected chi connectivity index (χ0v) is 9.81. The van der Waals surface area contributed by atoms with Crippen LogP contribution in [0.15, 0.2) is 29.4 Å². The Hall–Kier alpha value is -2.86. The maximum atomic E-state index is 8.77. The highest BCUT2D eigenvalue weighted by atomic mass is 15.3. The van der Waals surface area contributed by atoms with Crippen LogP contribution in [0.3, 0.4) is 0 Å². The van der Waals surface area contributed by atoms with E-state index in [-0.39, 0.29) is 17.5 Å². The molecule has 0 radical (unpaired) electrons. The van der Waals surface area contributed by atoms with Gasteiger partial charge in [0.25, 0.3) is 0 Å². The Labute approximate surface area is 105 Å². The van der Waals surface area contributed by atoms with Crippen LogP contribution >= 0.6 is 0 Å². The molecule has 6 nitrogen and oxygen atoms in total. The van der Waals surface area contributed by atoms with Crippen molar-refractivity contribution in [3.63, 3.8) is 0 Å². The third kappa shape index (κ3) is 3.32. The molecule has 18 heavy (non-hydrogen) atoms. The largest absolute Gasteiger partial charge is 0.382 e. The fourth-order valence-electron chi connectivity index (χ4n) is 1.19. The third-order valence-corrected chi connectivity index (χ3v) is 2.26. The summed E-state index contributed by atoms with van der Waals surface area (Å²) in [7, 11) is 0. The van der Waals surface area contributed by atoms with Crippen molar-refractivity contribution in [2.45, 2.75) is 12.8 Å². The average molecular weight is 240 g/mol. The molecule has 0 aliphatic heterocycles. The number of amidine groups is 1. The topological polar surface area (TPSA) is 122 Å². The van der Waals surface area contributed by atoms with E-state index in [9.17, 15) is 0 Å². The lowest BCUT2D eigenvalue weighted by Gasteiger charge is -2.05. The molecule has 0 spiro atoms. The van der Waals surface area contributed by atoms with Crippen molar-refractivity contribution >= 4 is 17.2 Å². The second-order valence-electron chi connectivity index (χ2n) is 3.57. The Bertz CT molecular complexity index is 543. The van der Waals surface area contributed by atoms with Crippen LogP contribution in [-0.2, 0) is 0 Å². The zero-order chi connectivity index (χ0) is 13.5. The quantitative estimate of drug-likeness (QED) is 0.419. The zero-order valence-electron chi connectivity index (χ0n) is 9.81. The van der Waals surface area contributed by atoms with Crippen LogP contribution < -0.4 is 11.2 Å². The molecule has 1 unspecified atom stereocenters. The highest BCUT2D eigenvalue weighted by molar-refractivity contribution is 6.45. The lowest BCUT2D eigenvalue weighted by molar-refractivity contribution is 0.982. The number of nitrogens with two attached hydrogens (primary N) is 1. The van der Waals surface area contributed by atoms with Crippen molar-refractivity contribution in [2.75, 3.05) is 5.43 Å². The molecular weight excluding hydrogens is 228 g/mol. The van der Waals surface area contributed by atoms with Crippen molar-refractivity contribution in [2.24, 2.45) is 10.8 Å².